The number of methoxy groups -OCH3 is 1. The molecular weight excluding hydrogens is 334 g/mol. The zero-order valence-corrected chi connectivity index (χ0v) is 14.6. The third-order valence-electron chi connectivity index (χ3n) is 5.08. The Balaban J connectivity index is 1.39. The summed E-state index contributed by atoms with van der Waals surface area (Å²) in [6, 6.07) is 7.21. The largest absolute Gasteiger partial charge is 0.492 e. The van der Waals surface area contributed by atoms with Crippen molar-refractivity contribution < 1.29 is 19.0 Å². The number of nitrogens with zero attached hydrogens (tertiary/aromatic N) is 3. The lowest BCUT2D eigenvalue weighted by Gasteiger charge is -2.50. The van der Waals surface area contributed by atoms with Crippen LogP contribution in [-0.4, -0.2) is 59.8 Å². The molecule has 4 rings (SSSR count). The number of amides is 1. The van der Waals surface area contributed by atoms with E-state index in [1.165, 1.54) is 7.11 Å². The van der Waals surface area contributed by atoms with Crippen LogP contribution in [0.5, 0.6) is 11.6 Å². The van der Waals surface area contributed by atoms with Gasteiger partial charge in [-0.2, -0.15) is 0 Å². The average molecular weight is 355 g/mol. The van der Waals surface area contributed by atoms with Crippen LogP contribution in [0, 0.1) is 5.92 Å². The molecule has 2 aliphatic rings. The number of rotatable bonds is 5. The molecule has 26 heavy (non-hydrogen) atoms. The van der Waals surface area contributed by atoms with E-state index in [1.54, 1.807) is 35.6 Å². The van der Waals surface area contributed by atoms with Crippen LogP contribution in [-0.2, 0) is 4.74 Å². The summed E-state index contributed by atoms with van der Waals surface area (Å²) in [7, 11) is 1.52. The van der Waals surface area contributed by atoms with Crippen LogP contribution in [0.25, 0.3) is 0 Å². The zero-order valence-electron chi connectivity index (χ0n) is 14.6. The SMILES string of the molecule is COc1ncccc1C(=O)N1CC2(C1)OCCC2COc1cccnc1. The zero-order chi connectivity index (χ0) is 18.0. The Kier molecular flexibility index (Phi) is 4.46. The molecule has 2 aromatic heterocycles. The first-order chi connectivity index (χ1) is 12.7. The Morgan fingerprint density at radius 2 is 2.19 bits per heavy atom. The second-order valence-corrected chi connectivity index (χ2v) is 6.62. The summed E-state index contributed by atoms with van der Waals surface area (Å²) < 4.78 is 17.1. The molecule has 1 spiro atoms. The fourth-order valence-corrected chi connectivity index (χ4v) is 3.63. The molecule has 136 valence electrons. The first-order valence-corrected chi connectivity index (χ1v) is 8.67. The number of pyridine rings is 2. The van der Waals surface area contributed by atoms with Crippen molar-refractivity contribution in [2.45, 2.75) is 12.0 Å². The van der Waals surface area contributed by atoms with Crippen molar-refractivity contribution in [3.8, 4) is 11.6 Å². The maximum Gasteiger partial charge on any atom is 0.259 e. The van der Waals surface area contributed by atoms with Gasteiger partial charge in [0.2, 0.25) is 5.88 Å². The van der Waals surface area contributed by atoms with Gasteiger partial charge >= 0.3 is 0 Å². The molecule has 7 heteroatoms. The van der Waals surface area contributed by atoms with E-state index in [0.717, 1.165) is 12.2 Å². The van der Waals surface area contributed by atoms with Crippen LogP contribution in [0.15, 0.2) is 42.9 Å². The second kappa shape index (κ2) is 6.92. The van der Waals surface area contributed by atoms with Crippen molar-refractivity contribution in [1.82, 2.24) is 14.9 Å². The van der Waals surface area contributed by atoms with E-state index in [2.05, 4.69) is 9.97 Å². The number of aromatic nitrogens is 2. The van der Waals surface area contributed by atoms with Gasteiger partial charge in [-0.1, -0.05) is 0 Å². The lowest BCUT2D eigenvalue weighted by atomic mass is 9.81. The minimum absolute atomic E-state index is 0.0806. The van der Waals surface area contributed by atoms with Crippen molar-refractivity contribution >= 4 is 5.91 Å². The molecule has 0 bridgehead atoms. The molecule has 2 aliphatic heterocycles. The smallest absolute Gasteiger partial charge is 0.259 e. The first-order valence-electron chi connectivity index (χ1n) is 8.67. The number of carbonyl (C=O) groups is 1. The molecule has 0 aromatic carbocycles. The lowest BCUT2D eigenvalue weighted by molar-refractivity contribution is -0.122. The van der Waals surface area contributed by atoms with E-state index in [1.807, 2.05) is 12.1 Å². The van der Waals surface area contributed by atoms with Gasteiger partial charge in [-0.3, -0.25) is 9.78 Å². The third kappa shape index (κ3) is 2.99. The van der Waals surface area contributed by atoms with Gasteiger partial charge in [0.1, 0.15) is 16.9 Å². The molecule has 0 aliphatic carbocycles. The molecule has 2 fully saturated rings. The Hall–Kier alpha value is -2.67. The van der Waals surface area contributed by atoms with E-state index >= 15 is 0 Å². The number of carbonyl (C=O) groups excluding carboxylic acids is 1. The molecule has 0 N–H and O–H groups in total. The normalized spacial score (nSPS) is 20.7. The van der Waals surface area contributed by atoms with Crippen molar-refractivity contribution in [1.29, 1.82) is 0 Å². The summed E-state index contributed by atoms with van der Waals surface area (Å²) in [6.07, 6.45) is 5.96. The van der Waals surface area contributed by atoms with Crippen LogP contribution < -0.4 is 9.47 Å². The summed E-state index contributed by atoms with van der Waals surface area (Å²) in [5, 5.41) is 0. The molecule has 4 heterocycles. The van der Waals surface area contributed by atoms with Gasteiger partial charge in [0.15, 0.2) is 0 Å². The topological polar surface area (TPSA) is 73.8 Å². The number of likely N-dealkylation sites (tertiary alicyclic amines) is 1. The standard InChI is InChI=1S/C19H21N3O4/c1-24-17-16(5-3-8-21-17)18(23)22-12-19(13-22)14(6-9-26-19)11-25-15-4-2-7-20-10-15/h2-5,7-8,10,14H,6,9,11-13H2,1H3. The van der Waals surface area contributed by atoms with Crippen LogP contribution in [0.3, 0.4) is 0 Å². The fourth-order valence-electron chi connectivity index (χ4n) is 3.63. The van der Waals surface area contributed by atoms with E-state index < -0.39 is 0 Å². The van der Waals surface area contributed by atoms with Crippen molar-refractivity contribution in [2.24, 2.45) is 5.92 Å². The summed E-state index contributed by atoms with van der Waals surface area (Å²) in [5.41, 5.74) is 0.166. The molecule has 2 aromatic rings. The van der Waals surface area contributed by atoms with Gasteiger partial charge in [-0.25, -0.2) is 4.98 Å². The highest BCUT2D eigenvalue weighted by Gasteiger charge is 2.55. The quantitative estimate of drug-likeness (QED) is 0.814. The van der Waals surface area contributed by atoms with Crippen LogP contribution in [0.2, 0.25) is 0 Å². The van der Waals surface area contributed by atoms with Gasteiger partial charge in [0.25, 0.3) is 5.91 Å². The molecule has 0 saturated carbocycles. The first kappa shape index (κ1) is 16.8. The lowest BCUT2D eigenvalue weighted by Crippen LogP contribution is -2.66. The number of ether oxygens (including phenoxy) is 3. The molecular formula is C19H21N3O4. The van der Waals surface area contributed by atoms with Gasteiger partial charge < -0.3 is 19.1 Å². The fraction of sp³-hybridized carbons (Fsp3) is 0.421. The highest BCUT2D eigenvalue weighted by Crippen LogP contribution is 2.41. The van der Waals surface area contributed by atoms with Gasteiger partial charge in [-0.05, 0) is 30.7 Å². The monoisotopic (exact) mass is 355 g/mol. The maximum atomic E-state index is 12.7. The summed E-state index contributed by atoms with van der Waals surface area (Å²) in [5.74, 6) is 1.27. The van der Waals surface area contributed by atoms with E-state index in [4.69, 9.17) is 14.2 Å². The molecule has 1 unspecified atom stereocenters. The molecule has 1 amide bonds. The summed E-state index contributed by atoms with van der Waals surface area (Å²) >= 11 is 0. The minimum atomic E-state index is -0.312. The molecule has 2 saturated heterocycles. The molecule has 1 atom stereocenters. The molecule has 0 radical (unpaired) electrons. The number of hydrogen-bond donors (Lipinski definition) is 0. The second-order valence-electron chi connectivity index (χ2n) is 6.62. The summed E-state index contributed by atoms with van der Waals surface area (Å²) in [6.45, 7) is 2.37. The predicted octanol–water partition coefficient (Wildman–Crippen LogP) is 1.80. The third-order valence-corrected chi connectivity index (χ3v) is 5.08. The van der Waals surface area contributed by atoms with E-state index in [-0.39, 0.29) is 17.4 Å². The van der Waals surface area contributed by atoms with Gasteiger partial charge in [-0.15, -0.1) is 0 Å². The Morgan fingerprint density at radius 3 is 2.96 bits per heavy atom. The Bertz CT molecular complexity index is 777. The van der Waals surface area contributed by atoms with Crippen LogP contribution in [0.1, 0.15) is 16.8 Å². The number of hydrogen-bond acceptors (Lipinski definition) is 6. The van der Waals surface area contributed by atoms with Crippen molar-refractivity contribution in [2.75, 3.05) is 33.4 Å². The van der Waals surface area contributed by atoms with Crippen molar-refractivity contribution in [3.63, 3.8) is 0 Å². The predicted molar refractivity (Wildman–Crippen MR) is 93.2 cm³/mol. The van der Waals surface area contributed by atoms with Crippen molar-refractivity contribution in [3.05, 3.63) is 48.4 Å². The van der Waals surface area contributed by atoms with E-state index in [9.17, 15) is 4.79 Å². The van der Waals surface area contributed by atoms with Gasteiger partial charge in [0, 0.05) is 24.9 Å². The highest BCUT2D eigenvalue weighted by atomic mass is 16.5. The average Bonchev–Trinajstić information content (AvgIpc) is 3.09. The van der Waals surface area contributed by atoms with E-state index in [0.29, 0.717) is 37.7 Å². The highest BCUT2D eigenvalue weighted by molar-refractivity contribution is 5.97. The van der Waals surface area contributed by atoms with Crippen LogP contribution >= 0.6 is 0 Å². The summed E-state index contributed by atoms with van der Waals surface area (Å²) in [4.78, 5) is 22.7. The minimum Gasteiger partial charge on any atom is -0.492 e. The Labute approximate surface area is 151 Å². The Morgan fingerprint density at radius 1 is 1.35 bits per heavy atom. The van der Waals surface area contributed by atoms with Crippen LogP contribution in [0.4, 0.5) is 0 Å². The van der Waals surface area contributed by atoms with Gasteiger partial charge in [0.05, 0.1) is 33.0 Å². The molecule has 7 nitrogen and oxygen atoms in total. The maximum absolute atomic E-state index is 12.7.